The fourth-order valence-electron chi connectivity index (χ4n) is 3.71. The summed E-state index contributed by atoms with van der Waals surface area (Å²) in [6.45, 7) is 3.34. The van der Waals surface area contributed by atoms with E-state index in [9.17, 15) is 13.6 Å². The number of nitrogens with one attached hydrogen (secondary N) is 1. The predicted octanol–water partition coefficient (Wildman–Crippen LogP) is 4.19. The first kappa shape index (κ1) is 25.7. The average molecular weight is 491 g/mol. The number of primary amides is 1. The number of nitrogens with two attached hydrogens (primary N) is 1. The lowest BCUT2D eigenvalue weighted by Gasteiger charge is -2.15. The van der Waals surface area contributed by atoms with E-state index in [1.54, 1.807) is 13.2 Å². The van der Waals surface area contributed by atoms with Gasteiger partial charge in [-0.05, 0) is 36.6 Å². The molecule has 1 aromatic heterocycles. The molecule has 1 unspecified atom stereocenters. The molecule has 10 heteroatoms. The number of hydrogen-bond donors (Lipinski definition) is 3. The van der Waals surface area contributed by atoms with Crippen LogP contribution in [0.2, 0.25) is 0 Å². The minimum Gasteiger partial charge on any atom is -0.389 e. The number of methoxy groups -OCH3 is 1. The summed E-state index contributed by atoms with van der Waals surface area (Å²) in [4.78, 5) is 17.4. The highest BCUT2D eigenvalue weighted by atomic mass is 32.1. The van der Waals surface area contributed by atoms with Gasteiger partial charge in [0.15, 0.2) is 11.6 Å². The van der Waals surface area contributed by atoms with Crippen molar-refractivity contribution in [1.29, 1.82) is 0 Å². The molecule has 1 fully saturated rings. The van der Waals surface area contributed by atoms with Gasteiger partial charge in [-0.15, -0.1) is 0 Å². The average Bonchev–Trinajstić information content (AvgIpc) is 3.47. The molecule has 1 atom stereocenters. The van der Waals surface area contributed by atoms with Crippen molar-refractivity contribution in [3.05, 3.63) is 70.7 Å². The molecule has 4 rings (SSSR count). The predicted molar refractivity (Wildman–Crippen MR) is 129 cm³/mol. The molecule has 0 saturated carbocycles. The largest absolute Gasteiger partial charge is 0.389 e. The van der Waals surface area contributed by atoms with Crippen molar-refractivity contribution in [2.24, 2.45) is 5.73 Å². The first-order valence-electron chi connectivity index (χ1n) is 10.8. The second kappa shape index (κ2) is 12.5. The number of aromatic nitrogens is 1. The summed E-state index contributed by atoms with van der Waals surface area (Å²) in [6, 6.07) is 13.0. The van der Waals surface area contributed by atoms with E-state index in [1.807, 2.05) is 30.3 Å². The zero-order chi connectivity index (χ0) is 24.5. The summed E-state index contributed by atoms with van der Waals surface area (Å²) >= 11 is 1.21. The molecular weight excluding hydrogens is 462 g/mol. The maximum absolute atomic E-state index is 13.1. The van der Waals surface area contributed by atoms with Gasteiger partial charge in [-0.1, -0.05) is 47.7 Å². The smallest absolute Gasteiger partial charge is 0.317 e. The zero-order valence-electron chi connectivity index (χ0n) is 18.8. The van der Waals surface area contributed by atoms with Crippen molar-refractivity contribution in [1.82, 2.24) is 9.88 Å². The molecule has 34 heavy (non-hydrogen) atoms. The second-order valence-electron chi connectivity index (χ2n) is 7.75. The molecule has 2 aromatic carbocycles. The Bertz CT molecular complexity index is 1080. The molecule has 1 saturated heterocycles. The van der Waals surface area contributed by atoms with Crippen LogP contribution in [-0.2, 0) is 11.3 Å². The van der Waals surface area contributed by atoms with E-state index in [1.165, 1.54) is 23.5 Å². The molecule has 182 valence electrons. The molecule has 2 amide bonds. The van der Waals surface area contributed by atoms with E-state index >= 15 is 0 Å². The molecule has 0 aliphatic carbocycles. The maximum atomic E-state index is 13.1. The topological polar surface area (TPSA) is 101 Å². The van der Waals surface area contributed by atoms with Gasteiger partial charge in [0.05, 0.1) is 13.2 Å². The molecule has 0 spiro atoms. The number of carbonyl (C=O) groups excluding carboxylic acids is 1. The number of thiazole rings is 1. The highest BCUT2D eigenvalue weighted by Crippen LogP contribution is 2.33. The van der Waals surface area contributed by atoms with Crippen LogP contribution in [0.15, 0.2) is 48.5 Å². The third kappa shape index (κ3) is 7.04. The Morgan fingerprint density at radius 2 is 2.03 bits per heavy atom. The molecule has 1 aliphatic rings. The van der Waals surface area contributed by atoms with E-state index in [2.05, 4.69) is 15.2 Å². The molecule has 1 aliphatic heterocycles. The van der Waals surface area contributed by atoms with Crippen LogP contribution in [0.1, 0.15) is 22.9 Å². The zero-order valence-corrected chi connectivity index (χ0v) is 19.7. The first-order valence-corrected chi connectivity index (χ1v) is 11.6. The summed E-state index contributed by atoms with van der Waals surface area (Å²) in [7, 11) is 1.68. The highest BCUT2D eigenvalue weighted by molar-refractivity contribution is 7.16. The number of rotatable bonds is 7. The molecule has 0 radical (unpaired) electrons. The normalized spacial score (nSPS) is 15.6. The van der Waals surface area contributed by atoms with E-state index in [0.29, 0.717) is 28.2 Å². The number of likely N-dealkylation sites (tertiary alicyclic amines) is 1. The SMILES string of the molecule is COCCN1CCC(c2ccc(F)c(F)c2)C1.NC(=O)Nc1sc(CO)nc1-c1ccccc1. The molecule has 0 bridgehead atoms. The monoisotopic (exact) mass is 490 g/mol. The van der Waals surface area contributed by atoms with Gasteiger partial charge >= 0.3 is 6.03 Å². The Morgan fingerprint density at radius 3 is 2.68 bits per heavy atom. The number of urea groups is 1. The summed E-state index contributed by atoms with van der Waals surface area (Å²) in [6.07, 6.45) is 0.995. The van der Waals surface area contributed by atoms with Gasteiger partial charge in [0.1, 0.15) is 15.7 Å². The summed E-state index contributed by atoms with van der Waals surface area (Å²) in [5, 5.41) is 12.7. The summed E-state index contributed by atoms with van der Waals surface area (Å²) in [5.41, 5.74) is 7.47. The van der Waals surface area contributed by atoms with Gasteiger partial charge in [0.25, 0.3) is 0 Å². The van der Waals surface area contributed by atoms with Crippen LogP contribution in [-0.4, -0.2) is 54.4 Å². The van der Waals surface area contributed by atoms with Gasteiger partial charge in [-0.25, -0.2) is 18.6 Å². The van der Waals surface area contributed by atoms with Crippen molar-refractivity contribution >= 4 is 22.4 Å². The number of benzene rings is 2. The van der Waals surface area contributed by atoms with Gasteiger partial charge in [0, 0.05) is 25.8 Å². The Kier molecular flexibility index (Phi) is 9.46. The van der Waals surface area contributed by atoms with Crippen molar-refractivity contribution in [3.8, 4) is 11.3 Å². The van der Waals surface area contributed by atoms with Crippen LogP contribution in [0.25, 0.3) is 11.3 Å². The summed E-state index contributed by atoms with van der Waals surface area (Å²) < 4.78 is 31.0. The Balaban J connectivity index is 0.000000191. The lowest BCUT2D eigenvalue weighted by Crippen LogP contribution is -2.24. The molecule has 3 aromatic rings. The number of nitrogens with zero attached hydrogens (tertiary/aromatic N) is 2. The van der Waals surface area contributed by atoms with Crippen molar-refractivity contribution < 1.29 is 23.4 Å². The quantitative estimate of drug-likeness (QED) is 0.461. The van der Waals surface area contributed by atoms with Crippen LogP contribution >= 0.6 is 11.3 Å². The Morgan fingerprint density at radius 1 is 1.26 bits per heavy atom. The summed E-state index contributed by atoms with van der Waals surface area (Å²) in [5.74, 6) is -1.22. The number of anilines is 1. The first-order chi connectivity index (χ1) is 16.4. The van der Waals surface area contributed by atoms with Crippen LogP contribution < -0.4 is 11.1 Å². The van der Waals surface area contributed by atoms with E-state index < -0.39 is 17.7 Å². The van der Waals surface area contributed by atoms with Crippen molar-refractivity contribution in [2.45, 2.75) is 18.9 Å². The van der Waals surface area contributed by atoms with Gasteiger partial charge < -0.3 is 20.5 Å². The van der Waals surface area contributed by atoms with Crippen molar-refractivity contribution in [2.75, 3.05) is 38.7 Å². The third-order valence-corrected chi connectivity index (χ3v) is 6.35. The second-order valence-corrected chi connectivity index (χ2v) is 8.83. The maximum Gasteiger partial charge on any atom is 0.317 e. The number of amides is 2. The number of carbonyl (C=O) groups is 1. The Hall–Kier alpha value is -2.92. The Labute approximate surface area is 201 Å². The highest BCUT2D eigenvalue weighted by Gasteiger charge is 2.24. The molecular formula is C24H28F2N4O3S. The van der Waals surface area contributed by atoms with E-state index in [0.717, 1.165) is 37.2 Å². The van der Waals surface area contributed by atoms with Gasteiger partial charge in [0.2, 0.25) is 0 Å². The molecule has 4 N–H and O–H groups in total. The minimum absolute atomic E-state index is 0.162. The molecule has 7 nitrogen and oxygen atoms in total. The van der Waals surface area contributed by atoms with E-state index in [4.69, 9.17) is 15.6 Å². The number of halogens is 2. The number of ether oxygens (including phenoxy) is 1. The number of aliphatic hydroxyl groups is 1. The molecule has 2 heterocycles. The lowest BCUT2D eigenvalue weighted by molar-refractivity contribution is 0.160. The van der Waals surface area contributed by atoms with Crippen LogP contribution in [0.4, 0.5) is 18.6 Å². The standard InChI is InChI=1S/C13H17F2NO.C11H11N3O2S/c1-17-7-6-16-5-4-11(9-16)10-2-3-12(14)13(15)8-10;12-11(16)14-10-9(13-8(6-15)17-10)7-4-2-1-3-5-7/h2-3,8,11H,4-7,9H2,1H3;1-5,15H,6H2,(H3,12,14,16). The van der Waals surface area contributed by atoms with Crippen molar-refractivity contribution in [3.63, 3.8) is 0 Å². The van der Waals surface area contributed by atoms with Gasteiger partial charge in [-0.2, -0.15) is 0 Å². The van der Waals surface area contributed by atoms with Crippen LogP contribution in [0.3, 0.4) is 0 Å². The number of aliphatic hydroxyl groups excluding tert-OH is 1. The van der Waals surface area contributed by atoms with Crippen LogP contribution in [0, 0.1) is 11.6 Å². The van der Waals surface area contributed by atoms with Crippen LogP contribution in [0.5, 0.6) is 0 Å². The fourth-order valence-corrected chi connectivity index (χ4v) is 4.56. The van der Waals surface area contributed by atoms with E-state index in [-0.39, 0.29) is 6.61 Å². The third-order valence-electron chi connectivity index (χ3n) is 5.39. The van der Waals surface area contributed by atoms with Gasteiger partial charge in [-0.3, -0.25) is 5.32 Å². The number of hydrogen-bond acceptors (Lipinski definition) is 6. The lowest BCUT2D eigenvalue weighted by atomic mass is 9.98. The minimum atomic E-state index is -0.775. The fraction of sp³-hybridized carbons (Fsp3) is 0.333.